The van der Waals surface area contributed by atoms with Crippen molar-refractivity contribution in [3.63, 3.8) is 0 Å². The number of rotatable bonds is 4. The lowest BCUT2D eigenvalue weighted by Crippen LogP contribution is -1.94. The molecule has 0 aliphatic rings. The van der Waals surface area contributed by atoms with E-state index in [1.807, 2.05) is 24.3 Å². The van der Waals surface area contributed by atoms with Gasteiger partial charge in [0.05, 0.1) is 11.0 Å². The number of para-hydroxylation sites is 3. The molecule has 0 radical (unpaired) electrons. The molecule has 188 valence electrons. The van der Waals surface area contributed by atoms with Crippen LogP contribution < -0.4 is 0 Å². The fourth-order valence-electron chi connectivity index (χ4n) is 5.77. The molecule has 0 bridgehead atoms. The number of aromatic nitrogens is 2. The van der Waals surface area contributed by atoms with Gasteiger partial charge >= 0.3 is 0 Å². The smallest absolute Gasteiger partial charge is 0.227 e. The average Bonchev–Trinajstić information content (AvgIpc) is 3.61. The summed E-state index contributed by atoms with van der Waals surface area (Å²) in [7, 11) is 0. The third-order valence-corrected chi connectivity index (χ3v) is 7.66. The van der Waals surface area contributed by atoms with E-state index in [1.165, 1.54) is 44.1 Å². The van der Waals surface area contributed by atoms with Gasteiger partial charge in [-0.25, -0.2) is 4.98 Å². The lowest BCUT2D eigenvalue weighted by Gasteiger charge is -2.11. The molecule has 3 heteroatoms. The van der Waals surface area contributed by atoms with E-state index >= 15 is 0 Å². The second kappa shape index (κ2) is 9.11. The molecule has 0 spiro atoms. The van der Waals surface area contributed by atoms with Gasteiger partial charge in [0.1, 0.15) is 5.52 Å². The van der Waals surface area contributed by atoms with Crippen LogP contribution in [0.4, 0.5) is 0 Å². The summed E-state index contributed by atoms with van der Waals surface area (Å²) >= 11 is 0. The Labute approximate surface area is 231 Å². The van der Waals surface area contributed by atoms with Crippen molar-refractivity contribution in [3.05, 3.63) is 146 Å². The molecule has 0 unspecified atom stereocenters. The Bertz CT molecular complexity index is 2120. The lowest BCUT2D eigenvalue weighted by molar-refractivity contribution is 0.620. The third kappa shape index (κ3) is 3.63. The first kappa shape index (κ1) is 22.6. The van der Waals surface area contributed by atoms with Crippen LogP contribution >= 0.6 is 0 Å². The minimum atomic E-state index is 0.636. The van der Waals surface area contributed by atoms with Crippen molar-refractivity contribution in [2.24, 2.45) is 0 Å². The summed E-state index contributed by atoms with van der Waals surface area (Å²) in [6.45, 7) is 0. The highest BCUT2D eigenvalue weighted by atomic mass is 16.3. The summed E-state index contributed by atoms with van der Waals surface area (Å²) in [5.74, 6) is 0.636. The van der Waals surface area contributed by atoms with Crippen molar-refractivity contribution in [1.29, 1.82) is 0 Å². The predicted octanol–water partition coefficient (Wildman–Crippen LogP) is 9.93. The standard InChI is InChI=1S/C37H24N2O/c1-2-10-25(11-3-1)29-12-4-5-13-30(29)27-20-23-35-32(24-27)31-14-6-8-16-34(31)39(35)28-21-18-26(19-22-28)37-38-33-15-7-9-17-36(33)40-37/h1-24H. The molecule has 0 aliphatic heterocycles. The van der Waals surface area contributed by atoms with Crippen LogP contribution in [-0.4, -0.2) is 9.55 Å². The Morgan fingerprint density at radius 1 is 0.475 bits per heavy atom. The van der Waals surface area contributed by atoms with Gasteiger partial charge in [0.15, 0.2) is 5.58 Å². The number of nitrogens with zero attached hydrogens (tertiary/aromatic N) is 2. The van der Waals surface area contributed by atoms with E-state index in [0.29, 0.717) is 5.89 Å². The summed E-state index contributed by atoms with van der Waals surface area (Å²) in [6, 6.07) is 51.1. The van der Waals surface area contributed by atoms with Crippen LogP contribution in [-0.2, 0) is 0 Å². The van der Waals surface area contributed by atoms with Gasteiger partial charge in [-0.15, -0.1) is 0 Å². The minimum absolute atomic E-state index is 0.636. The van der Waals surface area contributed by atoms with Gasteiger partial charge in [0.2, 0.25) is 5.89 Å². The highest BCUT2D eigenvalue weighted by Gasteiger charge is 2.15. The molecule has 8 rings (SSSR count). The molecule has 6 aromatic carbocycles. The van der Waals surface area contributed by atoms with Crippen molar-refractivity contribution in [2.45, 2.75) is 0 Å². The van der Waals surface area contributed by atoms with Gasteiger partial charge in [0, 0.05) is 22.0 Å². The van der Waals surface area contributed by atoms with E-state index in [1.54, 1.807) is 0 Å². The summed E-state index contributed by atoms with van der Waals surface area (Å²) < 4.78 is 8.34. The first-order valence-electron chi connectivity index (χ1n) is 13.5. The van der Waals surface area contributed by atoms with Crippen molar-refractivity contribution in [3.8, 4) is 39.4 Å². The summed E-state index contributed by atoms with van der Waals surface area (Å²) in [4.78, 5) is 4.67. The largest absolute Gasteiger partial charge is 0.436 e. The summed E-state index contributed by atoms with van der Waals surface area (Å²) in [6.07, 6.45) is 0. The van der Waals surface area contributed by atoms with Gasteiger partial charge in [0.25, 0.3) is 0 Å². The maximum atomic E-state index is 6.00. The summed E-state index contributed by atoms with van der Waals surface area (Å²) in [5.41, 5.74) is 11.0. The third-order valence-electron chi connectivity index (χ3n) is 7.66. The van der Waals surface area contributed by atoms with E-state index < -0.39 is 0 Å². The second-order valence-electron chi connectivity index (χ2n) is 10.0. The number of benzene rings is 6. The highest BCUT2D eigenvalue weighted by Crippen LogP contribution is 2.38. The number of hydrogen-bond acceptors (Lipinski definition) is 2. The molecular weight excluding hydrogens is 488 g/mol. The topological polar surface area (TPSA) is 31.0 Å². The summed E-state index contributed by atoms with van der Waals surface area (Å²) in [5, 5.41) is 2.47. The molecule has 0 amide bonds. The zero-order chi connectivity index (χ0) is 26.5. The molecule has 0 saturated carbocycles. The first-order chi connectivity index (χ1) is 19.8. The van der Waals surface area contributed by atoms with Crippen LogP contribution in [0.5, 0.6) is 0 Å². The van der Waals surface area contributed by atoms with Crippen LogP contribution in [0.2, 0.25) is 0 Å². The Hall–Kier alpha value is -5.41. The van der Waals surface area contributed by atoms with E-state index in [2.05, 4.69) is 131 Å². The van der Waals surface area contributed by atoms with Gasteiger partial charge in [-0.3, -0.25) is 0 Å². The molecule has 0 aliphatic carbocycles. The van der Waals surface area contributed by atoms with Gasteiger partial charge < -0.3 is 8.98 Å². The maximum Gasteiger partial charge on any atom is 0.227 e. The number of oxazole rings is 1. The molecular formula is C37H24N2O. The van der Waals surface area contributed by atoms with Crippen LogP contribution in [0.3, 0.4) is 0 Å². The molecule has 2 aromatic heterocycles. The Morgan fingerprint density at radius 3 is 1.95 bits per heavy atom. The Morgan fingerprint density at radius 2 is 1.12 bits per heavy atom. The van der Waals surface area contributed by atoms with Crippen molar-refractivity contribution >= 4 is 32.9 Å². The van der Waals surface area contributed by atoms with Crippen molar-refractivity contribution < 1.29 is 4.42 Å². The number of fused-ring (bicyclic) bond motifs is 4. The Balaban J connectivity index is 1.26. The SMILES string of the molecule is c1ccc(-c2ccccc2-c2ccc3c(c2)c2ccccc2n3-c2ccc(-c3nc4ccccc4o3)cc2)cc1. The predicted molar refractivity (Wildman–Crippen MR) is 165 cm³/mol. The van der Waals surface area contributed by atoms with Gasteiger partial charge in [-0.2, -0.15) is 0 Å². The maximum absolute atomic E-state index is 6.00. The Kier molecular flexibility index (Phi) is 5.14. The number of hydrogen-bond donors (Lipinski definition) is 0. The van der Waals surface area contributed by atoms with Crippen molar-refractivity contribution in [1.82, 2.24) is 9.55 Å². The molecule has 2 heterocycles. The molecule has 40 heavy (non-hydrogen) atoms. The minimum Gasteiger partial charge on any atom is -0.436 e. The molecule has 0 N–H and O–H groups in total. The van der Waals surface area contributed by atoms with Crippen molar-refractivity contribution in [2.75, 3.05) is 0 Å². The van der Waals surface area contributed by atoms with E-state index in [4.69, 9.17) is 4.42 Å². The van der Waals surface area contributed by atoms with Crippen LogP contribution in [0.1, 0.15) is 0 Å². The quantitative estimate of drug-likeness (QED) is 0.235. The molecule has 8 aromatic rings. The van der Waals surface area contributed by atoms with E-state index in [9.17, 15) is 0 Å². The fraction of sp³-hybridized carbons (Fsp3) is 0. The normalized spacial score (nSPS) is 11.5. The molecule has 3 nitrogen and oxygen atoms in total. The lowest BCUT2D eigenvalue weighted by atomic mass is 9.94. The van der Waals surface area contributed by atoms with Crippen LogP contribution in [0, 0.1) is 0 Å². The zero-order valence-corrected chi connectivity index (χ0v) is 21.7. The first-order valence-corrected chi connectivity index (χ1v) is 13.5. The zero-order valence-electron chi connectivity index (χ0n) is 21.7. The molecule has 0 fully saturated rings. The average molecular weight is 513 g/mol. The van der Waals surface area contributed by atoms with E-state index in [-0.39, 0.29) is 0 Å². The fourth-order valence-corrected chi connectivity index (χ4v) is 5.77. The monoisotopic (exact) mass is 512 g/mol. The van der Waals surface area contributed by atoms with E-state index in [0.717, 1.165) is 22.4 Å². The molecule has 0 atom stereocenters. The highest BCUT2D eigenvalue weighted by molar-refractivity contribution is 6.10. The van der Waals surface area contributed by atoms with Gasteiger partial charge in [-0.1, -0.05) is 91.0 Å². The van der Waals surface area contributed by atoms with Gasteiger partial charge in [-0.05, 0) is 76.9 Å². The van der Waals surface area contributed by atoms with Crippen LogP contribution in [0.15, 0.2) is 150 Å². The second-order valence-corrected chi connectivity index (χ2v) is 10.0. The molecule has 0 saturated heterocycles. The van der Waals surface area contributed by atoms with Crippen LogP contribution in [0.25, 0.3) is 72.3 Å².